The number of ether oxygens (including phenoxy) is 1. The Morgan fingerprint density at radius 1 is 0.909 bits per heavy atom. The van der Waals surface area contributed by atoms with Gasteiger partial charge >= 0.3 is 5.97 Å². The topological polar surface area (TPSA) is 39.2 Å². The molecule has 0 fully saturated rings. The molecule has 0 amide bonds. The van der Waals surface area contributed by atoms with E-state index in [0.717, 1.165) is 0 Å². The van der Waals surface area contributed by atoms with Crippen LogP contribution in [0.5, 0.6) is 0 Å². The van der Waals surface area contributed by atoms with Gasteiger partial charge in [0.25, 0.3) is 0 Å². The number of esters is 1. The maximum atomic E-state index is 11.9. The maximum absolute atomic E-state index is 11.9. The van der Waals surface area contributed by atoms with Crippen molar-refractivity contribution in [3.05, 3.63) is 48.1 Å². The lowest BCUT2D eigenvalue weighted by Gasteiger charge is -2.15. The van der Waals surface area contributed by atoms with Gasteiger partial charge in [0.15, 0.2) is 0 Å². The molecule has 0 atom stereocenters. The van der Waals surface area contributed by atoms with E-state index in [1.807, 2.05) is 0 Å². The summed E-state index contributed by atoms with van der Waals surface area (Å²) in [6.45, 7) is 0. The minimum Gasteiger partial charge on any atom is -0.465 e. The zero-order valence-electron chi connectivity index (χ0n) is 10.7. The van der Waals surface area contributed by atoms with Gasteiger partial charge in [-0.25, -0.2) is 9.78 Å². The number of carbonyl (C=O) groups excluding carboxylic acids is 1. The molecule has 1 aromatic carbocycles. The minimum absolute atomic E-state index is 0.00104. The predicted molar refractivity (Wildman–Crippen MR) is 91.1 cm³/mol. The standard InChI is InChI=1S/C13H5Cl6NO2/c1-22-13(21)4-2-3-20-12(19)5(4)6-7(14)9(16)11(18)10(17)8(6)15/h2-3H,1H3. The second-order valence-corrected chi connectivity index (χ2v) is 6.21. The zero-order valence-corrected chi connectivity index (χ0v) is 15.2. The van der Waals surface area contributed by atoms with E-state index in [0.29, 0.717) is 0 Å². The SMILES string of the molecule is COC(=O)c1ccnc(Cl)c1-c1c(Cl)c(Cl)c(Cl)c(Cl)c1Cl. The molecule has 0 unspecified atom stereocenters. The van der Waals surface area contributed by atoms with E-state index in [4.69, 9.17) is 74.3 Å². The van der Waals surface area contributed by atoms with Gasteiger partial charge in [-0.2, -0.15) is 0 Å². The van der Waals surface area contributed by atoms with Gasteiger partial charge in [-0.05, 0) is 6.07 Å². The van der Waals surface area contributed by atoms with Gasteiger partial charge in [-0.1, -0.05) is 69.6 Å². The Kier molecular flexibility index (Phi) is 5.70. The molecule has 116 valence electrons. The van der Waals surface area contributed by atoms with E-state index in [-0.39, 0.29) is 47.0 Å². The molecule has 1 heterocycles. The summed E-state index contributed by atoms with van der Waals surface area (Å²) in [6, 6.07) is 1.41. The molecule has 1 aromatic heterocycles. The van der Waals surface area contributed by atoms with Crippen molar-refractivity contribution >= 4 is 75.6 Å². The van der Waals surface area contributed by atoms with Crippen molar-refractivity contribution in [1.29, 1.82) is 0 Å². The highest BCUT2D eigenvalue weighted by Gasteiger charge is 2.26. The number of halogens is 6. The molecular formula is C13H5Cl6NO2. The third-order valence-electron chi connectivity index (χ3n) is 2.77. The monoisotopic (exact) mass is 417 g/mol. The number of benzene rings is 1. The summed E-state index contributed by atoms with van der Waals surface area (Å²) in [6.07, 6.45) is 1.35. The Morgan fingerprint density at radius 2 is 1.41 bits per heavy atom. The number of nitrogens with zero attached hydrogens (tertiary/aromatic N) is 1. The molecule has 0 aliphatic carbocycles. The van der Waals surface area contributed by atoms with Crippen LogP contribution in [-0.4, -0.2) is 18.1 Å². The normalized spacial score (nSPS) is 10.7. The van der Waals surface area contributed by atoms with E-state index in [1.165, 1.54) is 19.4 Å². The first kappa shape index (κ1) is 17.9. The molecule has 9 heteroatoms. The van der Waals surface area contributed by atoms with Crippen LogP contribution in [0.1, 0.15) is 10.4 Å². The molecule has 3 nitrogen and oxygen atoms in total. The van der Waals surface area contributed by atoms with Crippen LogP contribution in [0.25, 0.3) is 11.1 Å². The lowest BCUT2D eigenvalue weighted by molar-refractivity contribution is 0.0601. The van der Waals surface area contributed by atoms with Crippen LogP contribution < -0.4 is 0 Å². The van der Waals surface area contributed by atoms with Crippen LogP contribution in [0.2, 0.25) is 30.3 Å². The smallest absolute Gasteiger partial charge is 0.338 e. The number of hydrogen-bond donors (Lipinski definition) is 0. The summed E-state index contributed by atoms with van der Waals surface area (Å²) in [5.74, 6) is -0.645. The van der Waals surface area contributed by atoms with Gasteiger partial charge in [0.05, 0.1) is 37.8 Å². The van der Waals surface area contributed by atoms with E-state index in [2.05, 4.69) is 4.98 Å². The summed E-state index contributed by atoms with van der Waals surface area (Å²) in [7, 11) is 1.23. The lowest BCUT2D eigenvalue weighted by Crippen LogP contribution is -2.05. The second kappa shape index (κ2) is 7.00. The highest BCUT2D eigenvalue weighted by atomic mass is 35.5. The zero-order chi connectivity index (χ0) is 16.6. The summed E-state index contributed by atoms with van der Waals surface area (Å²) in [5, 5.41) is -0.0305. The number of methoxy groups -OCH3 is 1. The van der Waals surface area contributed by atoms with Crippen molar-refractivity contribution in [3.8, 4) is 11.1 Å². The van der Waals surface area contributed by atoms with Crippen molar-refractivity contribution < 1.29 is 9.53 Å². The van der Waals surface area contributed by atoms with Crippen molar-refractivity contribution in [2.75, 3.05) is 7.11 Å². The molecule has 0 saturated heterocycles. The third-order valence-corrected chi connectivity index (χ3v) is 5.33. The first-order chi connectivity index (χ1) is 10.3. The highest BCUT2D eigenvalue weighted by molar-refractivity contribution is 6.56. The van der Waals surface area contributed by atoms with E-state index in [1.54, 1.807) is 0 Å². The molecule has 0 aliphatic rings. The molecule has 0 radical (unpaired) electrons. The van der Waals surface area contributed by atoms with E-state index in [9.17, 15) is 4.79 Å². The Bertz CT molecular complexity index is 749. The second-order valence-electron chi connectivity index (χ2n) is 3.96. The van der Waals surface area contributed by atoms with E-state index >= 15 is 0 Å². The molecule has 0 aliphatic heterocycles. The van der Waals surface area contributed by atoms with Crippen LogP contribution in [0.15, 0.2) is 12.3 Å². The van der Waals surface area contributed by atoms with Crippen LogP contribution in [0, 0.1) is 0 Å². The fourth-order valence-corrected chi connectivity index (χ4v) is 3.36. The van der Waals surface area contributed by atoms with E-state index < -0.39 is 5.97 Å². The highest BCUT2D eigenvalue weighted by Crippen LogP contribution is 2.50. The molecule has 22 heavy (non-hydrogen) atoms. The van der Waals surface area contributed by atoms with Crippen LogP contribution in [0.4, 0.5) is 0 Å². The van der Waals surface area contributed by atoms with Gasteiger partial charge in [0.1, 0.15) is 5.15 Å². The molecule has 0 spiro atoms. The fourth-order valence-electron chi connectivity index (χ4n) is 1.78. The number of hydrogen-bond acceptors (Lipinski definition) is 3. The fraction of sp³-hybridized carbons (Fsp3) is 0.0769. The summed E-state index contributed by atoms with van der Waals surface area (Å²) in [4.78, 5) is 15.9. The van der Waals surface area contributed by atoms with Crippen molar-refractivity contribution in [2.45, 2.75) is 0 Å². The average Bonchev–Trinajstić information content (AvgIpc) is 2.51. The number of carbonyl (C=O) groups is 1. The number of rotatable bonds is 2. The number of pyridine rings is 1. The van der Waals surface area contributed by atoms with Crippen molar-refractivity contribution in [2.24, 2.45) is 0 Å². The molecule has 0 saturated carbocycles. The van der Waals surface area contributed by atoms with Gasteiger partial charge in [-0.15, -0.1) is 0 Å². The molecular weight excluding hydrogens is 415 g/mol. The lowest BCUT2D eigenvalue weighted by atomic mass is 10.0. The molecule has 0 N–H and O–H groups in total. The van der Waals surface area contributed by atoms with Gasteiger partial charge in [-0.3, -0.25) is 0 Å². The van der Waals surface area contributed by atoms with Gasteiger partial charge < -0.3 is 4.74 Å². The maximum Gasteiger partial charge on any atom is 0.338 e. The average molecular weight is 420 g/mol. The minimum atomic E-state index is -0.645. The molecule has 0 bridgehead atoms. The predicted octanol–water partition coefficient (Wildman–Crippen LogP) is 6.46. The first-order valence-electron chi connectivity index (χ1n) is 5.55. The largest absolute Gasteiger partial charge is 0.465 e. The van der Waals surface area contributed by atoms with Crippen LogP contribution in [0.3, 0.4) is 0 Å². The summed E-state index contributed by atoms with van der Waals surface area (Å²) < 4.78 is 4.71. The van der Waals surface area contributed by atoms with Crippen LogP contribution in [-0.2, 0) is 4.74 Å². The Labute approximate surface area is 156 Å². The first-order valence-corrected chi connectivity index (χ1v) is 7.82. The number of aromatic nitrogens is 1. The Balaban J connectivity index is 2.93. The van der Waals surface area contributed by atoms with Crippen LogP contribution >= 0.6 is 69.6 Å². The molecule has 2 aromatic rings. The Hall–Kier alpha value is -0.420. The van der Waals surface area contributed by atoms with Crippen molar-refractivity contribution in [3.63, 3.8) is 0 Å². The van der Waals surface area contributed by atoms with Gasteiger partial charge in [0, 0.05) is 17.3 Å². The Morgan fingerprint density at radius 3 is 1.91 bits per heavy atom. The third kappa shape index (κ3) is 2.99. The summed E-state index contributed by atoms with van der Waals surface area (Å²) in [5.41, 5.74) is 0.425. The summed E-state index contributed by atoms with van der Waals surface area (Å²) >= 11 is 36.5. The quantitative estimate of drug-likeness (QED) is 0.243. The molecule has 2 rings (SSSR count). The van der Waals surface area contributed by atoms with Crippen molar-refractivity contribution in [1.82, 2.24) is 4.98 Å². The van der Waals surface area contributed by atoms with Gasteiger partial charge in [0.2, 0.25) is 0 Å².